The molecule has 0 aromatic heterocycles. The Kier molecular flexibility index (Phi) is 3.65. The van der Waals surface area contributed by atoms with Gasteiger partial charge in [-0.1, -0.05) is 0 Å². The number of carboxylic acid groups (broad SMARTS) is 1. The fourth-order valence-corrected chi connectivity index (χ4v) is 1.82. The molecule has 6 heteroatoms. The van der Waals surface area contributed by atoms with Crippen LogP contribution in [0.1, 0.15) is 11.5 Å². The summed E-state index contributed by atoms with van der Waals surface area (Å²) in [4.78, 5) is 10.8. The van der Waals surface area contributed by atoms with Crippen molar-refractivity contribution in [2.45, 2.75) is 5.92 Å². The Balaban J connectivity index is 3.34. The number of halogens is 2. The van der Waals surface area contributed by atoms with Crippen molar-refractivity contribution >= 4 is 21.9 Å². The molecule has 0 spiro atoms. The van der Waals surface area contributed by atoms with E-state index in [2.05, 4.69) is 15.9 Å². The van der Waals surface area contributed by atoms with Crippen LogP contribution in [0.4, 0.5) is 4.39 Å². The number of aromatic hydroxyl groups is 1. The average molecular weight is 278 g/mol. The van der Waals surface area contributed by atoms with E-state index in [4.69, 9.17) is 10.8 Å². The highest BCUT2D eigenvalue weighted by molar-refractivity contribution is 9.10. The highest BCUT2D eigenvalue weighted by atomic mass is 79.9. The Labute approximate surface area is 93.6 Å². The topological polar surface area (TPSA) is 83.6 Å². The lowest BCUT2D eigenvalue weighted by molar-refractivity contribution is -0.138. The van der Waals surface area contributed by atoms with Crippen LogP contribution in [0.25, 0.3) is 0 Å². The fourth-order valence-electron chi connectivity index (χ4n) is 1.22. The first kappa shape index (κ1) is 11.9. The van der Waals surface area contributed by atoms with Gasteiger partial charge in [-0.2, -0.15) is 0 Å². The van der Waals surface area contributed by atoms with Crippen molar-refractivity contribution in [1.29, 1.82) is 0 Å². The van der Waals surface area contributed by atoms with Crippen LogP contribution in [-0.4, -0.2) is 22.7 Å². The molecule has 82 valence electrons. The van der Waals surface area contributed by atoms with Crippen molar-refractivity contribution in [3.63, 3.8) is 0 Å². The van der Waals surface area contributed by atoms with Crippen LogP contribution < -0.4 is 5.73 Å². The number of hydrogen-bond donors (Lipinski definition) is 3. The number of rotatable bonds is 3. The van der Waals surface area contributed by atoms with Crippen molar-refractivity contribution in [2.24, 2.45) is 5.73 Å². The molecule has 1 unspecified atom stereocenters. The number of phenols is 1. The molecule has 0 saturated carbocycles. The van der Waals surface area contributed by atoms with Gasteiger partial charge < -0.3 is 15.9 Å². The van der Waals surface area contributed by atoms with E-state index in [0.717, 1.165) is 12.1 Å². The average Bonchev–Trinajstić information content (AvgIpc) is 2.18. The number of benzene rings is 1. The third-order valence-corrected chi connectivity index (χ3v) is 2.82. The van der Waals surface area contributed by atoms with Crippen LogP contribution in [-0.2, 0) is 4.79 Å². The summed E-state index contributed by atoms with van der Waals surface area (Å²) in [5.41, 5.74) is 5.11. The maximum atomic E-state index is 13.4. The summed E-state index contributed by atoms with van der Waals surface area (Å²) in [7, 11) is 0. The zero-order valence-electron chi connectivity index (χ0n) is 7.58. The molecule has 0 heterocycles. The minimum atomic E-state index is -1.23. The zero-order valence-corrected chi connectivity index (χ0v) is 9.16. The van der Waals surface area contributed by atoms with Crippen LogP contribution in [0.2, 0.25) is 0 Å². The first-order chi connectivity index (χ1) is 6.99. The van der Waals surface area contributed by atoms with E-state index in [1.165, 1.54) is 0 Å². The summed E-state index contributed by atoms with van der Waals surface area (Å²) in [6, 6.07) is 2.14. The summed E-state index contributed by atoms with van der Waals surface area (Å²) in [5, 5.41) is 18.1. The number of carbonyl (C=O) groups is 1. The van der Waals surface area contributed by atoms with Crippen molar-refractivity contribution in [3.05, 3.63) is 28.0 Å². The van der Waals surface area contributed by atoms with Gasteiger partial charge in [0, 0.05) is 12.1 Å². The van der Waals surface area contributed by atoms with Crippen LogP contribution in [0.15, 0.2) is 16.6 Å². The Morgan fingerprint density at radius 1 is 1.60 bits per heavy atom. The van der Waals surface area contributed by atoms with Gasteiger partial charge >= 0.3 is 5.97 Å². The van der Waals surface area contributed by atoms with Gasteiger partial charge in [-0.3, -0.25) is 4.79 Å². The number of aliphatic carboxylic acids is 1. The van der Waals surface area contributed by atoms with Gasteiger partial charge in [-0.05, 0) is 28.1 Å². The number of carboxylic acids is 1. The third kappa shape index (κ3) is 2.27. The number of nitrogens with two attached hydrogens (primary N) is 1. The lowest BCUT2D eigenvalue weighted by Crippen LogP contribution is -2.22. The van der Waals surface area contributed by atoms with Crippen molar-refractivity contribution < 1.29 is 19.4 Å². The van der Waals surface area contributed by atoms with Gasteiger partial charge in [0.2, 0.25) is 0 Å². The molecule has 0 saturated heterocycles. The molecule has 1 aromatic rings. The summed E-state index contributed by atoms with van der Waals surface area (Å²) >= 11 is 2.93. The van der Waals surface area contributed by atoms with Crippen molar-refractivity contribution in [1.82, 2.24) is 0 Å². The molecule has 4 N–H and O–H groups in total. The van der Waals surface area contributed by atoms with Gasteiger partial charge in [0.25, 0.3) is 0 Å². The normalized spacial score (nSPS) is 12.5. The Morgan fingerprint density at radius 2 is 2.20 bits per heavy atom. The van der Waals surface area contributed by atoms with Crippen LogP contribution >= 0.6 is 15.9 Å². The van der Waals surface area contributed by atoms with E-state index in [-0.39, 0.29) is 22.3 Å². The quantitative estimate of drug-likeness (QED) is 0.780. The summed E-state index contributed by atoms with van der Waals surface area (Å²) in [6.45, 7) is -0.242. The van der Waals surface area contributed by atoms with E-state index in [9.17, 15) is 14.3 Å². The molecule has 0 fully saturated rings. The third-order valence-electron chi connectivity index (χ3n) is 1.99. The molecule has 0 aliphatic heterocycles. The molecule has 4 nitrogen and oxygen atoms in total. The molecule has 0 radical (unpaired) electrons. The molecule has 0 aliphatic rings. The van der Waals surface area contributed by atoms with E-state index >= 15 is 0 Å². The maximum absolute atomic E-state index is 13.4. The van der Waals surface area contributed by atoms with E-state index in [0.29, 0.717) is 0 Å². The van der Waals surface area contributed by atoms with Crippen LogP contribution in [0.3, 0.4) is 0 Å². The van der Waals surface area contributed by atoms with Crippen LogP contribution in [0.5, 0.6) is 5.75 Å². The van der Waals surface area contributed by atoms with Gasteiger partial charge in [-0.15, -0.1) is 0 Å². The highest BCUT2D eigenvalue weighted by Crippen LogP contribution is 2.34. The zero-order chi connectivity index (χ0) is 11.6. The Bertz CT molecular complexity index is 397. The minimum Gasteiger partial charge on any atom is -0.507 e. The second-order valence-electron chi connectivity index (χ2n) is 2.92. The molecular formula is C9H9BrFNO3. The molecule has 1 rings (SSSR count). The van der Waals surface area contributed by atoms with Crippen LogP contribution in [0, 0.1) is 5.82 Å². The van der Waals surface area contributed by atoms with Crippen molar-refractivity contribution in [3.8, 4) is 5.75 Å². The summed E-state index contributed by atoms with van der Waals surface area (Å²) in [6.07, 6.45) is 0. The Morgan fingerprint density at radius 3 is 2.67 bits per heavy atom. The van der Waals surface area contributed by atoms with Gasteiger partial charge in [0.15, 0.2) is 0 Å². The van der Waals surface area contributed by atoms with Gasteiger partial charge in [-0.25, -0.2) is 4.39 Å². The molecule has 0 amide bonds. The lowest BCUT2D eigenvalue weighted by atomic mass is 9.98. The SMILES string of the molecule is NCC(C(=O)O)c1c(F)ccc(O)c1Br. The highest BCUT2D eigenvalue weighted by Gasteiger charge is 2.25. The predicted molar refractivity (Wildman–Crippen MR) is 55.2 cm³/mol. The fraction of sp³-hybridized carbons (Fsp3) is 0.222. The first-order valence-electron chi connectivity index (χ1n) is 4.08. The second kappa shape index (κ2) is 4.59. The molecular weight excluding hydrogens is 269 g/mol. The predicted octanol–water partition coefficient (Wildman–Crippen LogP) is 1.42. The maximum Gasteiger partial charge on any atom is 0.312 e. The van der Waals surface area contributed by atoms with Crippen molar-refractivity contribution in [2.75, 3.05) is 6.54 Å². The standard InChI is InChI=1S/C9H9BrFNO3/c10-8-6(13)2-1-5(11)7(8)4(3-12)9(14)15/h1-2,4,13H,3,12H2,(H,14,15). The van der Waals surface area contributed by atoms with Gasteiger partial charge in [0.05, 0.1) is 10.4 Å². The first-order valence-corrected chi connectivity index (χ1v) is 4.88. The molecule has 1 aromatic carbocycles. The largest absolute Gasteiger partial charge is 0.507 e. The second-order valence-corrected chi connectivity index (χ2v) is 3.71. The van der Waals surface area contributed by atoms with E-state index in [1.807, 2.05) is 0 Å². The summed E-state index contributed by atoms with van der Waals surface area (Å²) in [5.74, 6) is -3.34. The Hall–Kier alpha value is -1.14. The van der Waals surface area contributed by atoms with E-state index in [1.54, 1.807) is 0 Å². The van der Waals surface area contributed by atoms with Gasteiger partial charge in [0.1, 0.15) is 11.6 Å². The molecule has 0 bridgehead atoms. The molecule has 0 aliphatic carbocycles. The number of hydrogen-bond acceptors (Lipinski definition) is 3. The molecule has 15 heavy (non-hydrogen) atoms. The minimum absolute atomic E-state index is 0.0281. The molecule has 1 atom stereocenters. The smallest absolute Gasteiger partial charge is 0.312 e. The lowest BCUT2D eigenvalue weighted by Gasteiger charge is -2.13. The summed E-state index contributed by atoms with van der Waals surface area (Å²) < 4.78 is 13.4. The number of phenolic OH excluding ortho intramolecular Hbond substituents is 1. The van der Waals surface area contributed by atoms with E-state index < -0.39 is 17.7 Å². The monoisotopic (exact) mass is 277 g/mol.